The molecule has 1 nitrogen and oxygen atoms in total. The van der Waals surface area contributed by atoms with Gasteiger partial charge in [0, 0.05) is 0 Å². The van der Waals surface area contributed by atoms with E-state index in [1.54, 1.807) is 0 Å². The summed E-state index contributed by atoms with van der Waals surface area (Å²) < 4.78 is 2.48. The molecule has 4 heteroatoms. The van der Waals surface area contributed by atoms with Crippen LogP contribution in [0.2, 0.25) is 5.02 Å². The molecule has 0 saturated carbocycles. The summed E-state index contributed by atoms with van der Waals surface area (Å²) in [5.74, 6) is 0. The van der Waals surface area contributed by atoms with Crippen molar-refractivity contribution in [1.82, 2.24) is 0 Å². The van der Waals surface area contributed by atoms with Crippen LogP contribution in [0.25, 0.3) is 0 Å². The van der Waals surface area contributed by atoms with E-state index in [9.17, 15) is 0 Å². The third kappa shape index (κ3) is 1.64. The van der Waals surface area contributed by atoms with Crippen molar-refractivity contribution >= 4 is 55.3 Å². The number of fused-ring (bicyclic) bond motifs is 2. The quantitative estimate of drug-likeness (QED) is 0.738. The normalized spacial score (nSPS) is 17.2. The molecule has 0 fully saturated rings. The average Bonchev–Trinajstić information content (AvgIpc) is 2.29. The fourth-order valence-corrected chi connectivity index (χ4v) is 6.35. The molecule has 80 valence electrons. The maximum absolute atomic E-state index is 6.59. The molecular formula is C12H8AsCl2N. The van der Waals surface area contributed by atoms with Crippen LogP contribution < -0.4 is 14.0 Å². The first-order valence-corrected chi connectivity index (χ1v) is 9.59. The summed E-state index contributed by atoms with van der Waals surface area (Å²) in [6.45, 7) is 0. The summed E-state index contributed by atoms with van der Waals surface area (Å²) in [5.41, 5.74) is 2.17. The zero-order chi connectivity index (χ0) is 11.1. The number of rotatable bonds is 0. The molecule has 0 radical (unpaired) electrons. The van der Waals surface area contributed by atoms with Gasteiger partial charge >= 0.3 is 108 Å². The van der Waals surface area contributed by atoms with Crippen molar-refractivity contribution in [2.24, 2.45) is 0 Å². The zero-order valence-corrected chi connectivity index (χ0v) is 11.6. The van der Waals surface area contributed by atoms with E-state index in [2.05, 4.69) is 17.4 Å². The number of hydrogen-bond acceptors (Lipinski definition) is 1. The van der Waals surface area contributed by atoms with Crippen molar-refractivity contribution < 1.29 is 0 Å². The SMILES string of the molecule is Clc1ccc2c(c1)Nc1ccccc1[As]2Cl. The Morgan fingerprint density at radius 3 is 2.56 bits per heavy atom. The van der Waals surface area contributed by atoms with Crippen LogP contribution in [0.4, 0.5) is 11.4 Å². The van der Waals surface area contributed by atoms with Gasteiger partial charge in [0.2, 0.25) is 0 Å². The van der Waals surface area contributed by atoms with Crippen LogP contribution in [-0.4, -0.2) is 13.7 Å². The van der Waals surface area contributed by atoms with Crippen molar-refractivity contribution in [3.8, 4) is 0 Å². The van der Waals surface area contributed by atoms with Gasteiger partial charge in [0.1, 0.15) is 0 Å². The third-order valence-corrected chi connectivity index (χ3v) is 8.09. The van der Waals surface area contributed by atoms with E-state index in [4.69, 9.17) is 21.6 Å². The number of benzene rings is 2. The van der Waals surface area contributed by atoms with E-state index >= 15 is 0 Å². The Morgan fingerprint density at radius 2 is 1.69 bits per heavy atom. The first-order chi connectivity index (χ1) is 7.75. The molecule has 0 aliphatic carbocycles. The molecule has 1 aliphatic heterocycles. The van der Waals surface area contributed by atoms with Gasteiger partial charge in [0.25, 0.3) is 0 Å². The maximum atomic E-state index is 6.59. The molecule has 16 heavy (non-hydrogen) atoms. The Kier molecular flexibility index (Phi) is 2.63. The van der Waals surface area contributed by atoms with E-state index in [1.807, 2.05) is 30.3 Å². The van der Waals surface area contributed by atoms with Crippen LogP contribution in [0.3, 0.4) is 0 Å². The molecule has 1 heterocycles. The minimum atomic E-state index is -1.63. The molecule has 2 aromatic carbocycles. The Balaban J connectivity index is 2.18. The van der Waals surface area contributed by atoms with Gasteiger partial charge in [0.05, 0.1) is 0 Å². The molecule has 0 saturated heterocycles. The van der Waals surface area contributed by atoms with Crippen molar-refractivity contribution in [2.75, 3.05) is 5.32 Å². The van der Waals surface area contributed by atoms with E-state index in [1.165, 1.54) is 8.70 Å². The second-order valence-corrected chi connectivity index (χ2v) is 8.98. The molecule has 0 spiro atoms. The van der Waals surface area contributed by atoms with Crippen LogP contribution in [0.5, 0.6) is 0 Å². The number of halogens is 2. The van der Waals surface area contributed by atoms with Gasteiger partial charge in [-0.3, -0.25) is 0 Å². The topological polar surface area (TPSA) is 12.0 Å². The summed E-state index contributed by atoms with van der Waals surface area (Å²) >= 11 is 4.35. The van der Waals surface area contributed by atoms with Gasteiger partial charge < -0.3 is 0 Å². The van der Waals surface area contributed by atoms with Gasteiger partial charge in [-0.2, -0.15) is 0 Å². The number of anilines is 2. The van der Waals surface area contributed by atoms with Gasteiger partial charge in [-0.1, -0.05) is 0 Å². The molecule has 2 aromatic rings. The van der Waals surface area contributed by atoms with E-state index in [0.717, 1.165) is 16.4 Å². The van der Waals surface area contributed by atoms with Crippen molar-refractivity contribution in [1.29, 1.82) is 0 Å². The van der Waals surface area contributed by atoms with Crippen molar-refractivity contribution in [3.63, 3.8) is 0 Å². The molecule has 1 aliphatic rings. The molecular weight excluding hydrogens is 304 g/mol. The predicted octanol–water partition coefficient (Wildman–Crippen LogP) is 2.74. The van der Waals surface area contributed by atoms with Gasteiger partial charge in [-0.25, -0.2) is 0 Å². The first-order valence-electron chi connectivity index (χ1n) is 4.87. The van der Waals surface area contributed by atoms with Crippen LogP contribution in [-0.2, 0) is 0 Å². The minimum absolute atomic E-state index is 0.740. The van der Waals surface area contributed by atoms with E-state index < -0.39 is 13.7 Å². The average molecular weight is 312 g/mol. The van der Waals surface area contributed by atoms with Gasteiger partial charge in [-0.15, -0.1) is 0 Å². The predicted molar refractivity (Wildman–Crippen MR) is 72.1 cm³/mol. The Bertz CT molecular complexity index is 556. The van der Waals surface area contributed by atoms with Gasteiger partial charge in [-0.05, 0) is 0 Å². The molecule has 1 N–H and O–H groups in total. The Hall–Kier alpha value is -0.622. The fraction of sp³-hybridized carbons (Fsp3) is 0. The summed E-state index contributed by atoms with van der Waals surface area (Å²) in [6, 6.07) is 14.1. The zero-order valence-electron chi connectivity index (χ0n) is 8.24. The van der Waals surface area contributed by atoms with E-state index in [0.29, 0.717) is 0 Å². The second-order valence-electron chi connectivity index (χ2n) is 3.58. The van der Waals surface area contributed by atoms with Crippen molar-refractivity contribution in [2.45, 2.75) is 0 Å². The van der Waals surface area contributed by atoms with Gasteiger partial charge in [0.15, 0.2) is 0 Å². The van der Waals surface area contributed by atoms with Crippen LogP contribution in [0, 0.1) is 0 Å². The third-order valence-electron chi connectivity index (χ3n) is 2.55. The monoisotopic (exact) mass is 311 g/mol. The number of para-hydroxylation sites is 1. The summed E-state index contributed by atoms with van der Waals surface area (Å²) in [6.07, 6.45) is 0. The van der Waals surface area contributed by atoms with E-state index in [-0.39, 0.29) is 0 Å². The molecule has 0 amide bonds. The first kappa shape index (κ1) is 10.5. The van der Waals surface area contributed by atoms with Crippen LogP contribution >= 0.6 is 21.6 Å². The summed E-state index contributed by atoms with van der Waals surface area (Å²) in [5, 5.41) is 4.12. The molecule has 0 aromatic heterocycles. The summed E-state index contributed by atoms with van der Waals surface area (Å²) in [7, 11) is 6.59. The van der Waals surface area contributed by atoms with Crippen LogP contribution in [0.15, 0.2) is 42.5 Å². The van der Waals surface area contributed by atoms with Crippen molar-refractivity contribution in [3.05, 3.63) is 47.5 Å². The van der Waals surface area contributed by atoms with Crippen LogP contribution in [0.1, 0.15) is 0 Å². The molecule has 3 rings (SSSR count). The molecule has 0 bridgehead atoms. The Labute approximate surface area is 108 Å². The standard InChI is InChI=1S/C12H8AsCl2N/c14-8-5-6-10-12(7-8)16-11-4-2-1-3-9(11)13(10)15/h1-7,16H. The Morgan fingerprint density at radius 1 is 0.938 bits per heavy atom. The molecule has 1 unspecified atom stereocenters. The fourth-order valence-electron chi connectivity index (χ4n) is 1.80. The summed E-state index contributed by atoms with van der Waals surface area (Å²) in [4.78, 5) is 0. The number of hydrogen-bond donors (Lipinski definition) is 1. The number of nitrogens with one attached hydrogen (secondary N) is 1. The molecule has 1 atom stereocenters. The second kappa shape index (κ2) is 4.00.